The van der Waals surface area contributed by atoms with Gasteiger partial charge in [0.1, 0.15) is 0 Å². The molecule has 1 aliphatic heterocycles. The summed E-state index contributed by atoms with van der Waals surface area (Å²) in [5.74, 6) is 0.0875. The van der Waals surface area contributed by atoms with Gasteiger partial charge in [-0.3, -0.25) is 4.79 Å². The van der Waals surface area contributed by atoms with Crippen LogP contribution in [0, 0.1) is 5.92 Å². The number of nitrogens with one attached hydrogen (secondary N) is 1. The summed E-state index contributed by atoms with van der Waals surface area (Å²) in [5.41, 5.74) is 8.00. The summed E-state index contributed by atoms with van der Waals surface area (Å²) in [6.07, 6.45) is 1.70. The second-order valence-corrected chi connectivity index (χ2v) is 6.47. The third-order valence-corrected chi connectivity index (χ3v) is 4.93. The Balaban J connectivity index is 0.00000192. The lowest BCUT2D eigenvalue weighted by Gasteiger charge is -2.26. The van der Waals surface area contributed by atoms with E-state index in [-0.39, 0.29) is 24.2 Å². The highest BCUT2D eigenvalue weighted by Crippen LogP contribution is 2.27. The number of amides is 1. The van der Waals surface area contributed by atoms with Crippen LogP contribution in [-0.2, 0) is 9.53 Å². The van der Waals surface area contributed by atoms with E-state index < -0.39 is 6.04 Å². The normalized spacial score (nSPS) is 16.4. The van der Waals surface area contributed by atoms with Gasteiger partial charge in [0.15, 0.2) is 0 Å². The molecule has 0 radical (unpaired) electrons. The zero-order chi connectivity index (χ0) is 15.4. The fourth-order valence-corrected chi connectivity index (χ4v) is 3.43. The molecule has 0 bridgehead atoms. The summed E-state index contributed by atoms with van der Waals surface area (Å²) >= 11 is 1.68. The van der Waals surface area contributed by atoms with Crippen LogP contribution < -0.4 is 11.1 Å². The predicted molar refractivity (Wildman–Crippen MR) is 97.2 cm³/mol. The van der Waals surface area contributed by atoms with Crippen LogP contribution in [0.4, 0.5) is 5.69 Å². The van der Waals surface area contributed by atoms with E-state index in [1.165, 1.54) is 4.88 Å². The average Bonchev–Trinajstić information content (AvgIpc) is 3.10. The first-order valence-electron chi connectivity index (χ1n) is 7.52. The van der Waals surface area contributed by atoms with E-state index in [0.29, 0.717) is 13.2 Å². The van der Waals surface area contributed by atoms with Gasteiger partial charge in [-0.25, -0.2) is 0 Å². The number of hydrogen-bond donors (Lipinski definition) is 2. The monoisotopic (exact) mass is 352 g/mol. The summed E-state index contributed by atoms with van der Waals surface area (Å²) in [6, 6.07) is 11.5. The molecule has 1 aromatic carbocycles. The van der Waals surface area contributed by atoms with Crippen molar-refractivity contribution >= 4 is 35.3 Å². The minimum atomic E-state index is -0.478. The highest BCUT2D eigenvalue weighted by Gasteiger charge is 2.26. The van der Waals surface area contributed by atoms with Crippen LogP contribution in [0.5, 0.6) is 0 Å². The van der Waals surface area contributed by atoms with E-state index in [0.717, 1.165) is 24.1 Å². The molecule has 124 valence electrons. The maximum atomic E-state index is 12.3. The molecule has 3 rings (SSSR count). The molecule has 4 nitrogen and oxygen atoms in total. The molecule has 1 unspecified atom stereocenters. The summed E-state index contributed by atoms with van der Waals surface area (Å²) < 4.78 is 5.32. The van der Waals surface area contributed by atoms with E-state index in [4.69, 9.17) is 10.5 Å². The Morgan fingerprint density at radius 3 is 2.74 bits per heavy atom. The first-order valence-corrected chi connectivity index (χ1v) is 8.40. The minimum Gasteiger partial charge on any atom is -0.381 e. The maximum absolute atomic E-state index is 12.3. The Bertz CT molecular complexity index is 627. The molecule has 0 aliphatic carbocycles. The second kappa shape index (κ2) is 8.45. The van der Waals surface area contributed by atoms with Crippen molar-refractivity contribution in [3.63, 3.8) is 0 Å². The van der Waals surface area contributed by atoms with Gasteiger partial charge in [-0.2, -0.15) is 0 Å². The van der Waals surface area contributed by atoms with Crippen LogP contribution in [0.2, 0.25) is 0 Å². The molecule has 23 heavy (non-hydrogen) atoms. The van der Waals surface area contributed by atoms with E-state index in [2.05, 4.69) is 11.4 Å². The average molecular weight is 353 g/mol. The first-order chi connectivity index (χ1) is 10.7. The lowest BCUT2D eigenvalue weighted by Crippen LogP contribution is -2.44. The van der Waals surface area contributed by atoms with Crippen molar-refractivity contribution in [2.75, 3.05) is 18.5 Å². The van der Waals surface area contributed by atoms with Gasteiger partial charge in [0, 0.05) is 23.8 Å². The van der Waals surface area contributed by atoms with E-state index in [1.54, 1.807) is 11.3 Å². The summed E-state index contributed by atoms with van der Waals surface area (Å²) in [5, 5.41) is 4.98. The molecular formula is C17H21ClN2O2S. The molecule has 1 amide bonds. The van der Waals surface area contributed by atoms with Crippen LogP contribution in [0.1, 0.15) is 12.8 Å². The Morgan fingerprint density at radius 2 is 2.04 bits per heavy atom. The van der Waals surface area contributed by atoms with Gasteiger partial charge in [-0.05, 0) is 47.9 Å². The van der Waals surface area contributed by atoms with Crippen LogP contribution in [0.25, 0.3) is 10.4 Å². The molecule has 2 heterocycles. The fraction of sp³-hybridized carbons (Fsp3) is 0.353. The van der Waals surface area contributed by atoms with Gasteiger partial charge in [-0.15, -0.1) is 23.7 Å². The Morgan fingerprint density at radius 1 is 1.26 bits per heavy atom. The smallest absolute Gasteiger partial charge is 0.241 e. The van der Waals surface area contributed by atoms with Crippen LogP contribution in [-0.4, -0.2) is 25.2 Å². The van der Waals surface area contributed by atoms with Crippen LogP contribution in [0.3, 0.4) is 0 Å². The highest BCUT2D eigenvalue weighted by atomic mass is 35.5. The number of carbonyl (C=O) groups excluding carboxylic acids is 1. The highest BCUT2D eigenvalue weighted by molar-refractivity contribution is 7.13. The van der Waals surface area contributed by atoms with Gasteiger partial charge in [0.2, 0.25) is 5.91 Å². The van der Waals surface area contributed by atoms with Crippen molar-refractivity contribution in [3.8, 4) is 10.4 Å². The summed E-state index contributed by atoms with van der Waals surface area (Å²) in [6.45, 7) is 1.39. The Labute approximate surface area is 146 Å². The fourth-order valence-electron chi connectivity index (χ4n) is 2.71. The summed E-state index contributed by atoms with van der Waals surface area (Å²) in [7, 11) is 0. The zero-order valence-corrected chi connectivity index (χ0v) is 14.4. The van der Waals surface area contributed by atoms with Crippen molar-refractivity contribution in [2.45, 2.75) is 18.9 Å². The van der Waals surface area contributed by atoms with Gasteiger partial charge in [-0.1, -0.05) is 18.2 Å². The third-order valence-electron chi connectivity index (χ3n) is 4.01. The minimum absolute atomic E-state index is 0. The number of hydrogen-bond acceptors (Lipinski definition) is 4. The van der Waals surface area contributed by atoms with E-state index >= 15 is 0 Å². The molecule has 1 saturated heterocycles. The van der Waals surface area contributed by atoms with Crippen LogP contribution in [0.15, 0.2) is 41.8 Å². The SMILES string of the molecule is Cl.NC(C(=O)Nc1cccc(-c2cccs2)c1)C1CCOCC1. The number of ether oxygens (including phenoxy) is 1. The molecule has 1 aromatic heterocycles. The van der Waals surface area contributed by atoms with Gasteiger partial charge < -0.3 is 15.8 Å². The molecule has 6 heteroatoms. The first kappa shape index (κ1) is 17.9. The van der Waals surface area contributed by atoms with Gasteiger partial charge >= 0.3 is 0 Å². The topological polar surface area (TPSA) is 64.4 Å². The molecule has 1 fully saturated rings. The summed E-state index contributed by atoms with van der Waals surface area (Å²) in [4.78, 5) is 13.5. The molecule has 2 aromatic rings. The Hall–Kier alpha value is -1.40. The van der Waals surface area contributed by atoms with Crippen molar-refractivity contribution in [1.82, 2.24) is 0 Å². The molecular weight excluding hydrogens is 332 g/mol. The van der Waals surface area contributed by atoms with Gasteiger partial charge in [0.25, 0.3) is 0 Å². The van der Waals surface area contributed by atoms with Crippen molar-refractivity contribution < 1.29 is 9.53 Å². The third kappa shape index (κ3) is 4.54. The second-order valence-electron chi connectivity index (χ2n) is 5.52. The standard InChI is InChI=1S/C17H20N2O2S.ClH/c18-16(12-6-8-21-9-7-12)17(20)19-14-4-1-3-13(11-14)15-5-2-10-22-15;/h1-5,10-12,16H,6-9,18H2,(H,19,20);1H. The predicted octanol–water partition coefficient (Wildman–Crippen LogP) is 3.53. The van der Waals surface area contributed by atoms with E-state index in [9.17, 15) is 4.79 Å². The number of thiophene rings is 1. The number of anilines is 1. The van der Waals surface area contributed by atoms with Crippen LogP contribution >= 0.6 is 23.7 Å². The molecule has 1 aliphatic rings. The van der Waals surface area contributed by atoms with Crippen molar-refractivity contribution in [2.24, 2.45) is 11.7 Å². The molecule has 0 spiro atoms. The number of halogens is 1. The van der Waals surface area contributed by atoms with Crippen molar-refractivity contribution in [3.05, 3.63) is 41.8 Å². The number of nitrogens with two attached hydrogens (primary N) is 1. The number of benzene rings is 1. The lowest BCUT2D eigenvalue weighted by molar-refractivity contribution is -0.119. The molecule has 3 N–H and O–H groups in total. The maximum Gasteiger partial charge on any atom is 0.241 e. The van der Waals surface area contributed by atoms with Crippen molar-refractivity contribution in [1.29, 1.82) is 0 Å². The number of carbonyl (C=O) groups is 1. The number of rotatable bonds is 4. The molecule has 0 saturated carbocycles. The molecule has 1 atom stereocenters. The Kier molecular flexibility index (Phi) is 6.59. The van der Waals surface area contributed by atoms with Gasteiger partial charge in [0.05, 0.1) is 6.04 Å². The zero-order valence-electron chi connectivity index (χ0n) is 12.7. The van der Waals surface area contributed by atoms with E-state index in [1.807, 2.05) is 35.7 Å². The lowest BCUT2D eigenvalue weighted by atomic mass is 9.92. The largest absolute Gasteiger partial charge is 0.381 e. The quantitative estimate of drug-likeness (QED) is 0.884.